The number of ketones is 1. The number of H-pyrrole nitrogens is 1. The molecule has 6 nitrogen and oxygen atoms in total. The van der Waals surface area contributed by atoms with Gasteiger partial charge in [0.15, 0.2) is 0 Å². The average molecular weight is 280 g/mol. The number of hydrogen-bond acceptors (Lipinski definition) is 5. The predicted octanol–water partition coefficient (Wildman–Crippen LogP) is 2.31. The number of carbonyl (C=O) groups is 1. The highest BCUT2D eigenvalue weighted by molar-refractivity contribution is 6.31. The van der Waals surface area contributed by atoms with Crippen LogP contribution in [0, 0.1) is 0 Å². The minimum atomic E-state index is 0.157. The van der Waals surface area contributed by atoms with Crippen molar-refractivity contribution in [1.82, 2.24) is 15.2 Å². The molecule has 1 heterocycles. The lowest BCUT2D eigenvalue weighted by Gasteiger charge is -2.06. The third kappa shape index (κ3) is 3.45. The van der Waals surface area contributed by atoms with Crippen molar-refractivity contribution in [3.63, 3.8) is 0 Å². The van der Waals surface area contributed by atoms with E-state index in [2.05, 4.69) is 20.5 Å². The van der Waals surface area contributed by atoms with Crippen molar-refractivity contribution in [2.75, 3.05) is 11.1 Å². The Morgan fingerprint density at radius 1 is 1.53 bits per heavy atom. The highest BCUT2D eigenvalue weighted by Crippen LogP contribution is 2.23. The summed E-state index contributed by atoms with van der Waals surface area (Å²) in [7, 11) is 0. The molecule has 0 aliphatic rings. The summed E-state index contributed by atoms with van der Waals surface area (Å²) in [5.74, 6) is 0.758. The molecule has 0 saturated carbocycles. The van der Waals surface area contributed by atoms with E-state index < -0.39 is 0 Å². The molecule has 0 unspecified atom stereocenters. The van der Waals surface area contributed by atoms with Gasteiger partial charge in [-0.15, -0.1) is 5.10 Å². The first-order valence-electron chi connectivity index (χ1n) is 5.83. The van der Waals surface area contributed by atoms with Crippen molar-refractivity contribution in [1.29, 1.82) is 0 Å². The molecule has 0 radical (unpaired) electrons. The van der Waals surface area contributed by atoms with E-state index in [0.29, 0.717) is 23.8 Å². The van der Waals surface area contributed by atoms with E-state index in [4.69, 9.17) is 17.3 Å². The molecule has 1 aromatic heterocycles. The number of carbonyl (C=O) groups excluding carboxylic acids is 1. The van der Waals surface area contributed by atoms with Crippen LogP contribution in [0.2, 0.25) is 5.02 Å². The Morgan fingerprint density at radius 2 is 2.32 bits per heavy atom. The number of hydrogen-bond donors (Lipinski definition) is 3. The van der Waals surface area contributed by atoms with Gasteiger partial charge in [-0.2, -0.15) is 4.98 Å². The van der Waals surface area contributed by atoms with Gasteiger partial charge in [-0.1, -0.05) is 24.6 Å². The maximum absolute atomic E-state index is 11.4. The molecule has 0 aliphatic heterocycles. The molecule has 2 aromatic rings. The van der Waals surface area contributed by atoms with Crippen LogP contribution in [0.5, 0.6) is 0 Å². The van der Waals surface area contributed by atoms with E-state index in [9.17, 15) is 4.79 Å². The maximum atomic E-state index is 11.4. The maximum Gasteiger partial charge on any atom is 0.248 e. The van der Waals surface area contributed by atoms with Gasteiger partial charge in [-0.3, -0.25) is 4.79 Å². The van der Waals surface area contributed by atoms with E-state index in [1.54, 1.807) is 6.07 Å². The van der Waals surface area contributed by atoms with Gasteiger partial charge in [-0.05, 0) is 17.7 Å². The Kier molecular flexibility index (Phi) is 4.01. The second-order valence-corrected chi connectivity index (χ2v) is 4.45. The molecule has 2 rings (SSSR count). The molecule has 0 fully saturated rings. The van der Waals surface area contributed by atoms with Crippen molar-refractivity contribution in [2.45, 2.75) is 19.8 Å². The topological polar surface area (TPSA) is 96.7 Å². The molecule has 0 bridgehead atoms. The molecule has 100 valence electrons. The Labute approximate surface area is 115 Å². The lowest BCUT2D eigenvalue weighted by molar-refractivity contribution is -0.118. The molecule has 0 spiro atoms. The number of aromatic amines is 1. The highest BCUT2D eigenvalue weighted by Gasteiger charge is 2.07. The van der Waals surface area contributed by atoms with Crippen LogP contribution in [-0.2, 0) is 11.2 Å². The van der Waals surface area contributed by atoms with Crippen LogP contribution in [0.3, 0.4) is 0 Å². The Bertz CT molecular complexity index is 596. The SMILES string of the molecule is CCC(=O)Cc1ccc(Nc2n[nH]c(N)n2)cc1Cl. The van der Waals surface area contributed by atoms with Crippen LogP contribution in [0.1, 0.15) is 18.9 Å². The third-order valence-electron chi connectivity index (χ3n) is 2.59. The first-order valence-corrected chi connectivity index (χ1v) is 6.21. The molecular weight excluding hydrogens is 266 g/mol. The number of benzene rings is 1. The monoisotopic (exact) mass is 279 g/mol. The second kappa shape index (κ2) is 5.71. The number of nitrogen functional groups attached to an aromatic ring is 1. The minimum absolute atomic E-state index is 0.157. The Balaban J connectivity index is 2.12. The summed E-state index contributed by atoms with van der Waals surface area (Å²) >= 11 is 6.14. The van der Waals surface area contributed by atoms with Gasteiger partial charge in [0.2, 0.25) is 11.9 Å². The van der Waals surface area contributed by atoms with Gasteiger partial charge in [0.25, 0.3) is 0 Å². The summed E-state index contributed by atoms with van der Waals surface area (Å²) in [6.45, 7) is 1.83. The molecule has 0 aliphatic carbocycles. The lowest BCUT2D eigenvalue weighted by Crippen LogP contribution is -2.01. The molecule has 7 heteroatoms. The molecular formula is C12H14ClN5O. The number of rotatable bonds is 5. The van der Waals surface area contributed by atoms with Crippen molar-refractivity contribution >= 4 is 35.0 Å². The van der Waals surface area contributed by atoms with Gasteiger partial charge < -0.3 is 11.1 Å². The molecule has 19 heavy (non-hydrogen) atoms. The molecule has 0 amide bonds. The van der Waals surface area contributed by atoms with Crippen molar-refractivity contribution in [3.8, 4) is 0 Å². The number of halogens is 1. The smallest absolute Gasteiger partial charge is 0.248 e. The van der Waals surface area contributed by atoms with Crippen molar-refractivity contribution in [3.05, 3.63) is 28.8 Å². The van der Waals surface area contributed by atoms with Gasteiger partial charge in [0, 0.05) is 23.6 Å². The minimum Gasteiger partial charge on any atom is -0.368 e. The summed E-state index contributed by atoms with van der Waals surface area (Å²) < 4.78 is 0. The average Bonchev–Trinajstić information content (AvgIpc) is 2.78. The summed E-state index contributed by atoms with van der Waals surface area (Å²) in [4.78, 5) is 15.3. The van der Waals surface area contributed by atoms with Crippen molar-refractivity contribution in [2.24, 2.45) is 0 Å². The third-order valence-corrected chi connectivity index (χ3v) is 2.95. The molecule has 0 saturated heterocycles. The number of aromatic nitrogens is 3. The zero-order valence-corrected chi connectivity index (χ0v) is 11.2. The normalized spacial score (nSPS) is 10.4. The standard InChI is InChI=1S/C12H14ClN5O/c1-2-9(19)5-7-3-4-8(6-10(7)13)15-12-16-11(14)17-18-12/h3-4,6H,2,5H2,1H3,(H4,14,15,16,17,18). The summed E-state index contributed by atoms with van der Waals surface area (Å²) in [6, 6.07) is 5.36. The molecule has 1 aromatic carbocycles. The van der Waals surface area contributed by atoms with E-state index in [1.165, 1.54) is 0 Å². The van der Waals surface area contributed by atoms with Crippen LogP contribution in [-0.4, -0.2) is 21.0 Å². The fourth-order valence-corrected chi connectivity index (χ4v) is 1.81. The van der Waals surface area contributed by atoms with Gasteiger partial charge in [-0.25, -0.2) is 5.10 Å². The first-order chi connectivity index (χ1) is 9.08. The largest absolute Gasteiger partial charge is 0.368 e. The number of anilines is 3. The fraction of sp³-hybridized carbons (Fsp3) is 0.250. The lowest BCUT2D eigenvalue weighted by atomic mass is 10.1. The Hall–Kier alpha value is -2.08. The van der Waals surface area contributed by atoms with Crippen LogP contribution in [0.25, 0.3) is 0 Å². The van der Waals surface area contributed by atoms with Gasteiger partial charge in [0.1, 0.15) is 5.78 Å². The zero-order valence-electron chi connectivity index (χ0n) is 10.4. The predicted molar refractivity (Wildman–Crippen MR) is 74.5 cm³/mol. The number of nitrogens with one attached hydrogen (secondary N) is 2. The number of Topliss-reactive ketones (excluding diaryl/α,β-unsaturated/α-hetero) is 1. The summed E-state index contributed by atoms with van der Waals surface area (Å²) in [6.07, 6.45) is 0.857. The molecule has 4 N–H and O–H groups in total. The summed E-state index contributed by atoms with van der Waals surface area (Å²) in [5, 5.41) is 9.88. The van der Waals surface area contributed by atoms with E-state index >= 15 is 0 Å². The quantitative estimate of drug-likeness (QED) is 0.780. The summed E-state index contributed by atoms with van der Waals surface area (Å²) in [5.41, 5.74) is 6.97. The molecule has 0 atom stereocenters. The van der Waals surface area contributed by atoms with Gasteiger partial charge in [0.05, 0.1) is 0 Å². The number of nitrogens with zero attached hydrogens (tertiary/aromatic N) is 2. The van der Waals surface area contributed by atoms with E-state index in [-0.39, 0.29) is 11.7 Å². The Morgan fingerprint density at radius 3 is 2.89 bits per heavy atom. The fourth-order valence-electron chi connectivity index (χ4n) is 1.57. The van der Waals surface area contributed by atoms with E-state index in [1.807, 2.05) is 19.1 Å². The zero-order chi connectivity index (χ0) is 13.8. The highest BCUT2D eigenvalue weighted by atomic mass is 35.5. The number of nitrogens with two attached hydrogens (primary N) is 1. The van der Waals surface area contributed by atoms with Crippen LogP contribution >= 0.6 is 11.6 Å². The van der Waals surface area contributed by atoms with Gasteiger partial charge >= 0.3 is 0 Å². The second-order valence-electron chi connectivity index (χ2n) is 4.04. The van der Waals surface area contributed by atoms with Crippen LogP contribution in [0.15, 0.2) is 18.2 Å². The van der Waals surface area contributed by atoms with E-state index in [0.717, 1.165) is 11.3 Å². The van der Waals surface area contributed by atoms with Crippen LogP contribution in [0.4, 0.5) is 17.6 Å². The van der Waals surface area contributed by atoms with Crippen LogP contribution < -0.4 is 11.1 Å². The first kappa shape index (κ1) is 13.4. The van der Waals surface area contributed by atoms with Crippen molar-refractivity contribution < 1.29 is 4.79 Å².